The Morgan fingerprint density at radius 1 is 0.970 bits per heavy atom. The van der Waals surface area contributed by atoms with E-state index in [9.17, 15) is 0 Å². The lowest BCUT2D eigenvalue weighted by atomic mass is 9.57. The van der Waals surface area contributed by atoms with Crippen LogP contribution >= 0.6 is 0 Å². The van der Waals surface area contributed by atoms with Crippen LogP contribution in [-0.2, 0) is 0 Å². The molecule has 4 aliphatic rings. The highest BCUT2D eigenvalue weighted by molar-refractivity contribution is 5.30. The highest BCUT2D eigenvalue weighted by Gasteiger charge is 2.42. The first-order valence-electron chi connectivity index (χ1n) is 14.0. The summed E-state index contributed by atoms with van der Waals surface area (Å²) in [4.78, 5) is 0. The van der Waals surface area contributed by atoms with Gasteiger partial charge in [0.15, 0.2) is 0 Å². The molecule has 0 aromatic rings. The van der Waals surface area contributed by atoms with Crippen LogP contribution in [0.2, 0.25) is 0 Å². The van der Waals surface area contributed by atoms with Crippen molar-refractivity contribution in [2.75, 3.05) is 6.54 Å². The molecule has 0 bridgehead atoms. The SMILES string of the molecule is C/C=C(/C=C/C=C(\CN)C1CC[C@H](C2=CC=C(C3CC=CCC3)CC2)C2CCCCC12)CC. The molecule has 0 spiro atoms. The molecule has 4 unspecified atom stereocenters. The van der Waals surface area contributed by atoms with E-state index in [-0.39, 0.29) is 0 Å². The number of hydrogen-bond acceptors (Lipinski definition) is 1. The van der Waals surface area contributed by atoms with Gasteiger partial charge in [-0.05, 0) is 101 Å². The molecule has 0 aliphatic heterocycles. The average Bonchev–Trinajstić information content (AvgIpc) is 2.89. The third kappa shape index (κ3) is 5.91. The molecule has 2 fully saturated rings. The molecular formula is C32H47N. The summed E-state index contributed by atoms with van der Waals surface area (Å²) < 4.78 is 0. The van der Waals surface area contributed by atoms with Gasteiger partial charge in [0.1, 0.15) is 0 Å². The van der Waals surface area contributed by atoms with Crippen LogP contribution in [0.25, 0.3) is 0 Å². The van der Waals surface area contributed by atoms with E-state index >= 15 is 0 Å². The molecule has 0 radical (unpaired) electrons. The summed E-state index contributed by atoms with van der Waals surface area (Å²) in [6.07, 6.45) is 35.0. The quantitative estimate of drug-likeness (QED) is 0.308. The first-order chi connectivity index (χ1) is 16.2. The molecule has 4 aliphatic carbocycles. The molecule has 0 heterocycles. The lowest BCUT2D eigenvalue weighted by Gasteiger charge is -2.48. The average molecular weight is 446 g/mol. The van der Waals surface area contributed by atoms with Crippen molar-refractivity contribution >= 4 is 0 Å². The highest BCUT2D eigenvalue weighted by atomic mass is 14.6. The van der Waals surface area contributed by atoms with Gasteiger partial charge in [0.25, 0.3) is 0 Å². The van der Waals surface area contributed by atoms with E-state index < -0.39 is 0 Å². The van der Waals surface area contributed by atoms with E-state index in [0.717, 1.165) is 30.1 Å². The second-order valence-corrected chi connectivity index (χ2v) is 10.9. The van der Waals surface area contributed by atoms with Gasteiger partial charge in [0.05, 0.1) is 0 Å². The molecule has 0 aromatic carbocycles. The summed E-state index contributed by atoms with van der Waals surface area (Å²) in [6, 6.07) is 0. The third-order valence-corrected chi connectivity index (χ3v) is 9.29. The van der Waals surface area contributed by atoms with Crippen molar-refractivity contribution in [3.63, 3.8) is 0 Å². The maximum atomic E-state index is 6.33. The molecule has 1 nitrogen and oxygen atoms in total. The van der Waals surface area contributed by atoms with Crippen molar-refractivity contribution in [1.82, 2.24) is 0 Å². The highest BCUT2D eigenvalue weighted by Crippen LogP contribution is 2.52. The van der Waals surface area contributed by atoms with Gasteiger partial charge in [0.2, 0.25) is 0 Å². The van der Waals surface area contributed by atoms with Crippen LogP contribution in [0, 0.1) is 29.6 Å². The Bertz CT molecular complexity index is 833. The van der Waals surface area contributed by atoms with Gasteiger partial charge < -0.3 is 5.73 Å². The summed E-state index contributed by atoms with van der Waals surface area (Å²) in [5, 5.41) is 0. The Kier molecular flexibility index (Phi) is 9.07. The van der Waals surface area contributed by atoms with Gasteiger partial charge in [0, 0.05) is 6.54 Å². The number of rotatable bonds is 7. The van der Waals surface area contributed by atoms with E-state index in [1.807, 2.05) is 0 Å². The molecule has 0 saturated heterocycles. The fourth-order valence-corrected chi connectivity index (χ4v) is 7.40. The molecule has 4 rings (SSSR count). The normalized spacial score (nSPS) is 33.6. The molecule has 1 heteroatoms. The smallest absolute Gasteiger partial charge is 0.0142 e. The first-order valence-corrected chi connectivity index (χ1v) is 14.0. The van der Waals surface area contributed by atoms with Crippen LogP contribution in [0.5, 0.6) is 0 Å². The topological polar surface area (TPSA) is 26.0 Å². The second kappa shape index (κ2) is 12.2. The number of fused-ring (bicyclic) bond motifs is 1. The third-order valence-electron chi connectivity index (χ3n) is 9.29. The van der Waals surface area contributed by atoms with Gasteiger partial charge in [-0.3, -0.25) is 0 Å². The number of allylic oxidation sites excluding steroid dienone is 11. The molecular weight excluding hydrogens is 398 g/mol. The largest absolute Gasteiger partial charge is 0.327 e. The second-order valence-electron chi connectivity index (χ2n) is 10.9. The maximum Gasteiger partial charge on any atom is 0.0142 e. The van der Waals surface area contributed by atoms with Crippen molar-refractivity contribution in [2.24, 2.45) is 35.3 Å². The predicted molar refractivity (Wildman–Crippen MR) is 144 cm³/mol. The van der Waals surface area contributed by atoms with E-state index in [1.54, 1.807) is 11.1 Å². The summed E-state index contributed by atoms with van der Waals surface area (Å²) in [7, 11) is 0. The number of hydrogen-bond donors (Lipinski definition) is 1. The zero-order chi connectivity index (χ0) is 23.0. The maximum absolute atomic E-state index is 6.33. The van der Waals surface area contributed by atoms with E-state index in [1.165, 1.54) is 81.8 Å². The molecule has 180 valence electrons. The lowest BCUT2D eigenvalue weighted by molar-refractivity contribution is 0.0802. The molecule has 5 atom stereocenters. The Hall–Kier alpha value is -1.60. The summed E-state index contributed by atoms with van der Waals surface area (Å²) >= 11 is 0. The zero-order valence-electron chi connectivity index (χ0n) is 21.3. The van der Waals surface area contributed by atoms with Crippen molar-refractivity contribution < 1.29 is 0 Å². The van der Waals surface area contributed by atoms with Gasteiger partial charge in [-0.1, -0.05) is 90.7 Å². The fraction of sp³-hybridized carbons (Fsp3) is 0.625. The summed E-state index contributed by atoms with van der Waals surface area (Å²) in [6.45, 7) is 5.07. The first kappa shape index (κ1) is 24.5. The minimum absolute atomic E-state index is 0.696. The van der Waals surface area contributed by atoms with Gasteiger partial charge in [-0.15, -0.1) is 0 Å². The minimum Gasteiger partial charge on any atom is -0.327 e. The van der Waals surface area contributed by atoms with Crippen molar-refractivity contribution in [2.45, 2.75) is 90.9 Å². The number of nitrogens with two attached hydrogens (primary N) is 1. The molecule has 2 saturated carbocycles. The van der Waals surface area contributed by atoms with Crippen LogP contribution in [0.4, 0.5) is 0 Å². The predicted octanol–water partition coefficient (Wildman–Crippen LogP) is 8.62. The molecule has 0 aromatic heterocycles. The van der Waals surface area contributed by atoms with Gasteiger partial charge in [-0.2, -0.15) is 0 Å². The summed E-state index contributed by atoms with van der Waals surface area (Å²) in [5.41, 5.74) is 12.7. The summed E-state index contributed by atoms with van der Waals surface area (Å²) in [5.74, 6) is 4.04. The Labute approximate surface area is 203 Å². The van der Waals surface area contributed by atoms with Crippen LogP contribution in [0.15, 0.2) is 70.9 Å². The molecule has 33 heavy (non-hydrogen) atoms. The molecule has 2 N–H and O–H groups in total. The van der Waals surface area contributed by atoms with E-state index in [2.05, 4.69) is 62.5 Å². The van der Waals surface area contributed by atoms with Gasteiger partial charge >= 0.3 is 0 Å². The molecule has 0 amide bonds. The van der Waals surface area contributed by atoms with Crippen LogP contribution in [-0.4, -0.2) is 6.54 Å². The zero-order valence-corrected chi connectivity index (χ0v) is 21.3. The van der Waals surface area contributed by atoms with Crippen molar-refractivity contribution in [1.29, 1.82) is 0 Å². The fourth-order valence-electron chi connectivity index (χ4n) is 7.40. The van der Waals surface area contributed by atoms with E-state index in [4.69, 9.17) is 5.73 Å². The van der Waals surface area contributed by atoms with Crippen molar-refractivity contribution in [3.05, 3.63) is 70.9 Å². The van der Waals surface area contributed by atoms with Gasteiger partial charge in [-0.25, -0.2) is 0 Å². The van der Waals surface area contributed by atoms with E-state index in [0.29, 0.717) is 12.5 Å². The standard InChI is InChI=1S/C32H47N/c1-3-24(4-2)11-10-14-28(23-33)30-22-21-29(31-15-8-9-16-32(30)31)27-19-17-26(18-20-27)25-12-6-5-7-13-25/h3,5-6,10-11,14,17,19,25,29-32H,4,7-9,12-13,15-16,18,20-23,33H2,1-2H3/b11-10+,24-3+,28-14+/t25?,29-,30?,31?,32?/m1/s1. The monoisotopic (exact) mass is 445 g/mol. The van der Waals surface area contributed by atoms with Crippen LogP contribution < -0.4 is 5.73 Å². The Morgan fingerprint density at radius 2 is 1.76 bits per heavy atom. The lowest BCUT2D eigenvalue weighted by Crippen LogP contribution is -2.39. The van der Waals surface area contributed by atoms with Crippen molar-refractivity contribution in [3.8, 4) is 0 Å². The van der Waals surface area contributed by atoms with Crippen LogP contribution in [0.3, 0.4) is 0 Å². The Morgan fingerprint density at radius 3 is 2.42 bits per heavy atom. The Balaban J connectivity index is 1.48. The minimum atomic E-state index is 0.696. The van der Waals surface area contributed by atoms with Crippen LogP contribution in [0.1, 0.15) is 90.9 Å².